The lowest BCUT2D eigenvalue weighted by atomic mass is 9.97. The number of halogens is 2. The fraction of sp³-hybridized carbons (Fsp3) is 0.294. The van der Waals surface area contributed by atoms with Crippen LogP contribution >= 0.6 is 31.9 Å². The van der Waals surface area contributed by atoms with E-state index in [-0.39, 0.29) is 6.04 Å². The molecular formula is C17H19Br2NO. The van der Waals surface area contributed by atoms with Crippen molar-refractivity contribution >= 4 is 31.9 Å². The molecule has 2 aromatic carbocycles. The molecule has 0 radical (unpaired) electrons. The zero-order valence-corrected chi connectivity index (χ0v) is 15.6. The Morgan fingerprint density at radius 3 is 2.48 bits per heavy atom. The second kappa shape index (κ2) is 7.43. The maximum absolute atomic E-state index is 5.54. The van der Waals surface area contributed by atoms with Gasteiger partial charge in [0.1, 0.15) is 5.75 Å². The standard InChI is InChI=1S/C17H19Br2NO/c1-4-20-17(13-7-5-11(2)9-15(13)19)14-10-12(18)6-8-16(14)21-3/h5-10,17,20H,4H2,1-3H3. The van der Waals surface area contributed by atoms with E-state index in [0.717, 1.165) is 26.8 Å². The van der Waals surface area contributed by atoms with Crippen LogP contribution in [0.15, 0.2) is 45.3 Å². The van der Waals surface area contributed by atoms with Crippen LogP contribution < -0.4 is 10.1 Å². The molecule has 0 bridgehead atoms. The average molecular weight is 413 g/mol. The number of ether oxygens (including phenoxy) is 1. The molecule has 0 aromatic heterocycles. The third kappa shape index (κ3) is 3.87. The Morgan fingerprint density at radius 1 is 1.10 bits per heavy atom. The summed E-state index contributed by atoms with van der Waals surface area (Å²) in [6.07, 6.45) is 0. The topological polar surface area (TPSA) is 21.3 Å². The van der Waals surface area contributed by atoms with E-state index in [4.69, 9.17) is 4.74 Å². The lowest BCUT2D eigenvalue weighted by Gasteiger charge is -2.23. The number of benzene rings is 2. The van der Waals surface area contributed by atoms with E-state index in [9.17, 15) is 0 Å². The summed E-state index contributed by atoms with van der Waals surface area (Å²) in [5.74, 6) is 0.886. The third-order valence-electron chi connectivity index (χ3n) is 3.38. The predicted octanol–water partition coefficient (Wildman–Crippen LogP) is 5.23. The van der Waals surface area contributed by atoms with Gasteiger partial charge in [-0.05, 0) is 48.9 Å². The average Bonchev–Trinajstić information content (AvgIpc) is 2.45. The fourth-order valence-corrected chi connectivity index (χ4v) is 3.49. The van der Waals surface area contributed by atoms with Crippen molar-refractivity contribution in [3.63, 3.8) is 0 Å². The van der Waals surface area contributed by atoms with E-state index in [0.29, 0.717) is 0 Å². The van der Waals surface area contributed by atoms with Gasteiger partial charge in [-0.1, -0.05) is 50.9 Å². The molecule has 0 aliphatic heterocycles. The molecule has 0 spiro atoms. The summed E-state index contributed by atoms with van der Waals surface area (Å²) >= 11 is 7.24. The largest absolute Gasteiger partial charge is 0.496 e. The first-order valence-corrected chi connectivity index (χ1v) is 8.48. The van der Waals surface area contributed by atoms with Crippen molar-refractivity contribution in [3.05, 3.63) is 62.0 Å². The molecule has 2 nitrogen and oxygen atoms in total. The molecule has 0 saturated heterocycles. The molecule has 0 fully saturated rings. The van der Waals surface area contributed by atoms with Gasteiger partial charge in [0.2, 0.25) is 0 Å². The minimum atomic E-state index is 0.0809. The second-order valence-corrected chi connectivity index (χ2v) is 6.67. The van der Waals surface area contributed by atoms with E-state index in [1.807, 2.05) is 12.1 Å². The lowest BCUT2D eigenvalue weighted by Crippen LogP contribution is -2.23. The zero-order chi connectivity index (χ0) is 15.4. The number of nitrogens with one attached hydrogen (secondary N) is 1. The quantitative estimate of drug-likeness (QED) is 0.725. The predicted molar refractivity (Wildman–Crippen MR) is 95.1 cm³/mol. The monoisotopic (exact) mass is 411 g/mol. The van der Waals surface area contributed by atoms with Gasteiger partial charge in [-0.15, -0.1) is 0 Å². The Bertz CT molecular complexity index is 628. The van der Waals surface area contributed by atoms with E-state index >= 15 is 0 Å². The highest BCUT2D eigenvalue weighted by Crippen LogP contribution is 2.35. The highest BCUT2D eigenvalue weighted by molar-refractivity contribution is 9.10. The van der Waals surface area contributed by atoms with Gasteiger partial charge in [-0.3, -0.25) is 0 Å². The van der Waals surface area contributed by atoms with Crippen molar-refractivity contribution in [2.24, 2.45) is 0 Å². The minimum Gasteiger partial charge on any atom is -0.496 e. The molecule has 1 unspecified atom stereocenters. The van der Waals surface area contributed by atoms with Gasteiger partial charge in [0, 0.05) is 14.5 Å². The van der Waals surface area contributed by atoms with Crippen LogP contribution in [0.5, 0.6) is 5.75 Å². The minimum absolute atomic E-state index is 0.0809. The molecule has 21 heavy (non-hydrogen) atoms. The van der Waals surface area contributed by atoms with Gasteiger partial charge in [-0.25, -0.2) is 0 Å². The van der Waals surface area contributed by atoms with Gasteiger partial charge >= 0.3 is 0 Å². The number of rotatable bonds is 5. The van der Waals surface area contributed by atoms with Crippen LogP contribution in [0, 0.1) is 6.92 Å². The Labute approximate surface area is 143 Å². The molecule has 1 atom stereocenters. The summed E-state index contributed by atoms with van der Waals surface area (Å²) < 4.78 is 7.69. The Morgan fingerprint density at radius 2 is 1.86 bits per heavy atom. The number of methoxy groups -OCH3 is 1. The number of hydrogen-bond acceptors (Lipinski definition) is 2. The van der Waals surface area contributed by atoms with Crippen LogP contribution in [-0.2, 0) is 0 Å². The molecule has 0 heterocycles. The highest BCUT2D eigenvalue weighted by Gasteiger charge is 2.20. The van der Waals surface area contributed by atoms with Crippen LogP contribution in [0.4, 0.5) is 0 Å². The van der Waals surface area contributed by atoms with Gasteiger partial charge in [-0.2, -0.15) is 0 Å². The van der Waals surface area contributed by atoms with Gasteiger partial charge in [0.15, 0.2) is 0 Å². The number of hydrogen-bond donors (Lipinski definition) is 1. The lowest BCUT2D eigenvalue weighted by molar-refractivity contribution is 0.404. The summed E-state index contributed by atoms with van der Waals surface area (Å²) in [7, 11) is 1.71. The van der Waals surface area contributed by atoms with Crippen molar-refractivity contribution in [1.82, 2.24) is 5.32 Å². The summed E-state index contributed by atoms with van der Waals surface area (Å²) in [6, 6.07) is 12.6. The maximum Gasteiger partial charge on any atom is 0.124 e. The van der Waals surface area contributed by atoms with E-state index < -0.39 is 0 Å². The molecule has 4 heteroatoms. The second-order valence-electron chi connectivity index (χ2n) is 4.90. The Kier molecular flexibility index (Phi) is 5.85. The van der Waals surface area contributed by atoms with Crippen molar-refractivity contribution in [2.75, 3.05) is 13.7 Å². The first-order valence-electron chi connectivity index (χ1n) is 6.89. The summed E-state index contributed by atoms with van der Waals surface area (Å²) in [4.78, 5) is 0. The molecule has 2 aromatic rings. The molecule has 0 saturated carbocycles. The first kappa shape index (κ1) is 16.5. The smallest absolute Gasteiger partial charge is 0.124 e. The summed E-state index contributed by atoms with van der Waals surface area (Å²) in [6.45, 7) is 5.08. The summed E-state index contributed by atoms with van der Waals surface area (Å²) in [5, 5.41) is 3.55. The first-order chi connectivity index (χ1) is 10.1. The fourth-order valence-electron chi connectivity index (χ4n) is 2.39. The molecule has 0 aliphatic rings. The van der Waals surface area contributed by atoms with E-state index in [1.54, 1.807) is 7.11 Å². The van der Waals surface area contributed by atoms with Gasteiger partial charge in [0.05, 0.1) is 13.2 Å². The maximum atomic E-state index is 5.54. The third-order valence-corrected chi connectivity index (χ3v) is 4.56. The van der Waals surface area contributed by atoms with Crippen molar-refractivity contribution < 1.29 is 4.74 Å². The molecule has 2 rings (SSSR count). The van der Waals surface area contributed by atoms with Crippen molar-refractivity contribution in [1.29, 1.82) is 0 Å². The SMILES string of the molecule is CCNC(c1ccc(C)cc1Br)c1cc(Br)ccc1OC. The Hall–Kier alpha value is -0.840. The van der Waals surface area contributed by atoms with Crippen LogP contribution in [-0.4, -0.2) is 13.7 Å². The van der Waals surface area contributed by atoms with E-state index in [1.165, 1.54) is 11.1 Å². The van der Waals surface area contributed by atoms with Crippen LogP contribution in [0.1, 0.15) is 29.7 Å². The van der Waals surface area contributed by atoms with Gasteiger partial charge < -0.3 is 10.1 Å². The van der Waals surface area contributed by atoms with Crippen molar-refractivity contribution in [2.45, 2.75) is 19.9 Å². The molecule has 0 aliphatic carbocycles. The van der Waals surface area contributed by atoms with Crippen LogP contribution in [0.25, 0.3) is 0 Å². The number of aryl methyl sites for hydroxylation is 1. The highest BCUT2D eigenvalue weighted by atomic mass is 79.9. The Balaban J connectivity index is 2.55. The molecule has 0 amide bonds. The summed E-state index contributed by atoms with van der Waals surface area (Å²) in [5.41, 5.74) is 3.57. The zero-order valence-electron chi connectivity index (χ0n) is 12.4. The normalized spacial score (nSPS) is 12.2. The molecular weight excluding hydrogens is 394 g/mol. The molecule has 1 N–H and O–H groups in total. The van der Waals surface area contributed by atoms with E-state index in [2.05, 4.69) is 75.3 Å². The van der Waals surface area contributed by atoms with Gasteiger partial charge in [0.25, 0.3) is 0 Å². The van der Waals surface area contributed by atoms with Crippen LogP contribution in [0.2, 0.25) is 0 Å². The molecule has 112 valence electrons. The van der Waals surface area contributed by atoms with Crippen LogP contribution in [0.3, 0.4) is 0 Å². The van der Waals surface area contributed by atoms with Crippen molar-refractivity contribution in [3.8, 4) is 5.75 Å².